The van der Waals surface area contributed by atoms with Crippen LogP contribution in [0.2, 0.25) is 0 Å². The first-order valence-electron chi connectivity index (χ1n) is 8.46. The Labute approximate surface area is 127 Å². The van der Waals surface area contributed by atoms with Gasteiger partial charge in [-0.15, -0.1) is 0 Å². The van der Waals surface area contributed by atoms with E-state index in [1.165, 1.54) is 68.2 Å². The fourth-order valence-electron chi connectivity index (χ4n) is 4.10. The molecule has 2 aliphatic rings. The van der Waals surface area contributed by atoms with Crippen LogP contribution in [0.15, 0.2) is 36.5 Å². The van der Waals surface area contributed by atoms with E-state index in [-0.39, 0.29) is 0 Å². The lowest BCUT2D eigenvalue weighted by Gasteiger charge is -2.41. The molecule has 0 atom stereocenters. The highest BCUT2D eigenvalue weighted by atomic mass is 15.2. The molecule has 110 valence electrons. The SMILES string of the molecule is c1ccc2c(C3CN(CC4CCCCC4)C3)nccc2c1. The number of rotatable bonds is 3. The van der Waals surface area contributed by atoms with E-state index in [0.29, 0.717) is 5.92 Å². The minimum absolute atomic E-state index is 0.639. The minimum atomic E-state index is 0.639. The first kappa shape index (κ1) is 13.3. The average Bonchev–Trinajstić information content (AvgIpc) is 2.51. The van der Waals surface area contributed by atoms with Crippen LogP contribution < -0.4 is 0 Å². The zero-order valence-electron chi connectivity index (χ0n) is 12.7. The Hall–Kier alpha value is -1.41. The van der Waals surface area contributed by atoms with E-state index in [0.717, 1.165) is 5.92 Å². The first-order chi connectivity index (χ1) is 10.4. The third kappa shape index (κ3) is 2.69. The summed E-state index contributed by atoms with van der Waals surface area (Å²) in [6.45, 7) is 3.73. The molecule has 0 N–H and O–H groups in total. The summed E-state index contributed by atoms with van der Waals surface area (Å²) >= 11 is 0. The van der Waals surface area contributed by atoms with E-state index < -0.39 is 0 Å². The fraction of sp³-hybridized carbons (Fsp3) is 0.526. The fourth-order valence-corrected chi connectivity index (χ4v) is 4.10. The molecule has 1 aliphatic carbocycles. The van der Waals surface area contributed by atoms with Crippen molar-refractivity contribution in [3.8, 4) is 0 Å². The summed E-state index contributed by atoms with van der Waals surface area (Å²) in [7, 11) is 0. The third-order valence-electron chi connectivity index (χ3n) is 5.29. The van der Waals surface area contributed by atoms with Gasteiger partial charge >= 0.3 is 0 Å². The van der Waals surface area contributed by atoms with Crippen molar-refractivity contribution in [3.05, 3.63) is 42.2 Å². The van der Waals surface area contributed by atoms with E-state index in [4.69, 9.17) is 0 Å². The summed E-state index contributed by atoms with van der Waals surface area (Å²) in [5.74, 6) is 1.60. The molecule has 2 aromatic rings. The van der Waals surface area contributed by atoms with Crippen molar-refractivity contribution in [1.82, 2.24) is 9.88 Å². The maximum absolute atomic E-state index is 4.68. The van der Waals surface area contributed by atoms with Crippen molar-refractivity contribution in [1.29, 1.82) is 0 Å². The molecule has 1 aromatic heterocycles. The number of likely N-dealkylation sites (tertiary alicyclic amines) is 1. The topological polar surface area (TPSA) is 16.1 Å². The molecular weight excluding hydrogens is 256 g/mol. The quantitative estimate of drug-likeness (QED) is 0.837. The molecule has 2 nitrogen and oxygen atoms in total. The van der Waals surface area contributed by atoms with Crippen LogP contribution in [0, 0.1) is 5.92 Å². The molecule has 0 radical (unpaired) electrons. The second-order valence-corrected chi connectivity index (χ2v) is 6.84. The lowest BCUT2D eigenvalue weighted by molar-refractivity contribution is 0.110. The molecule has 0 unspecified atom stereocenters. The van der Waals surface area contributed by atoms with Crippen molar-refractivity contribution >= 4 is 10.8 Å². The molecule has 1 saturated heterocycles. The number of hydrogen-bond acceptors (Lipinski definition) is 2. The van der Waals surface area contributed by atoms with Crippen LogP contribution >= 0.6 is 0 Å². The summed E-state index contributed by atoms with van der Waals surface area (Å²) in [4.78, 5) is 7.33. The second kappa shape index (κ2) is 5.76. The normalized spacial score (nSPS) is 21.5. The van der Waals surface area contributed by atoms with Gasteiger partial charge in [-0.1, -0.05) is 43.5 Å². The molecule has 1 aliphatic heterocycles. The highest BCUT2D eigenvalue weighted by Crippen LogP contribution is 2.33. The van der Waals surface area contributed by atoms with Crippen LogP contribution in [-0.4, -0.2) is 29.5 Å². The Bertz CT molecular complexity index is 604. The van der Waals surface area contributed by atoms with Crippen molar-refractivity contribution in [2.45, 2.75) is 38.0 Å². The van der Waals surface area contributed by atoms with E-state index in [1.54, 1.807) is 0 Å². The number of aromatic nitrogens is 1. The lowest BCUT2D eigenvalue weighted by Crippen LogP contribution is -2.47. The monoisotopic (exact) mass is 280 g/mol. The summed E-state index contributed by atoms with van der Waals surface area (Å²) in [5, 5.41) is 2.68. The predicted octanol–water partition coefficient (Wildman–Crippen LogP) is 4.21. The Balaban J connectivity index is 1.42. The summed E-state index contributed by atoms with van der Waals surface area (Å²) in [6, 6.07) is 10.8. The summed E-state index contributed by atoms with van der Waals surface area (Å²) in [5.41, 5.74) is 1.31. The first-order valence-corrected chi connectivity index (χ1v) is 8.46. The van der Waals surface area contributed by atoms with Crippen LogP contribution in [0.1, 0.15) is 43.7 Å². The van der Waals surface area contributed by atoms with Gasteiger partial charge in [0, 0.05) is 37.1 Å². The Morgan fingerprint density at radius 3 is 2.67 bits per heavy atom. The van der Waals surface area contributed by atoms with Crippen molar-refractivity contribution in [2.24, 2.45) is 5.92 Å². The highest BCUT2D eigenvalue weighted by molar-refractivity contribution is 5.84. The molecule has 1 aromatic carbocycles. The van der Waals surface area contributed by atoms with Gasteiger partial charge in [-0.25, -0.2) is 0 Å². The van der Waals surface area contributed by atoms with Crippen LogP contribution in [0.3, 0.4) is 0 Å². The Morgan fingerprint density at radius 2 is 1.81 bits per heavy atom. The van der Waals surface area contributed by atoms with Gasteiger partial charge in [0.15, 0.2) is 0 Å². The number of hydrogen-bond donors (Lipinski definition) is 0. The zero-order chi connectivity index (χ0) is 14.1. The van der Waals surface area contributed by atoms with Crippen molar-refractivity contribution in [2.75, 3.05) is 19.6 Å². The molecule has 2 fully saturated rings. The zero-order valence-corrected chi connectivity index (χ0v) is 12.7. The van der Waals surface area contributed by atoms with E-state index in [2.05, 4.69) is 40.2 Å². The summed E-state index contributed by atoms with van der Waals surface area (Å²) < 4.78 is 0. The second-order valence-electron chi connectivity index (χ2n) is 6.84. The van der Waals surface area contributed by atoms with Crippen LogP contribution in [0.25, 0.3) is 10.8 Å². The lowest BCUT2D eigenvalue weighted by atomic mass is 9.86. The Morgan fingerprint density at radius 1 is 1.00 bits per heavy atom. The summed E-state index contributed by atoms with van der Waals surface area (Å²) in [6.07, 6.45) is 9.24. The van der Waals surface area contributed by atoms with Crippen LogP contribution in [0.5, 0.6) is 0 Å². The predicted molar refractivity (Wildman–Crippen MR) is 87.5 cm³/mol. The molecule has 1 saturated carbocycles. The van der Waals surface area contributed by atoms with Gasteiger partial charge in [-0.05, 0) is 30.2 Å². The average molecular weight is 280 g/mol. The highest BCUT2D eigenvalue weighted by Gasteiger charge is 2.31. The van der Waals surface area contributed by atoms with Gasteiger partial charge in [0.05, 0.1) is 5.69 Å². The Kier molecular flexibility index (Phi) is 3.64. The molecule has 2 heterocycles. The smallest absolute Gasteiger partial charge is 0.0538 e. The standard InChI is InChI=1S/C19H24N2/c1-2-6-15(7-3-1)12-21-13-17(14-21)19-18-9-5-4-8-16(18)10-11-20-19/h4-5,8-11,15,17H,1-3,6-7,12-14H2. The van der Waals surface area contributed by atoms with E-state index >= 15 is 0 Å². The minimum Gasteiger partial charge on any atom is -0.302 e. The number of pyridine rings is 1. The van der Waals surface area contributed by atoms with Crippen LogP contribution in [0.4, 0.5) is 0 Å². The van der Waals surface area contributed by atoms with Crippen molar-refractivity contribution < 1.29 is 0 Å². The number of fused-ring (bicyclic) bond motifs is 1. The third-order valence-corrected chi connectivity index (χ3v) is 5.29. The molecule has 0 amide bonds. The molecule has 4 rings (SSSR count). The molecular formula is C19H24N2. The van der Waals surface area contributed by atoms with Crippen LogP contribution in [-0.2, 0) is 0 Å². The van der Waals surface area contributed by atoms with Gasteiger partial charge in [0.25, 0.3) is 0 Å². The van der Waals surface area contributed by atoms with Gasteiger partial charge < -0.3 is 4.90 Å². The van der Waals surface area contributed by atoms with Gasteiger partial charge in [-0.2, -0.15) is 0 Å². The van der Waals surface area contributed by atoms with Gasteiger partial charge in [-0.3, -0.25) is 4.98 Å². The molecule has 21 heavy (non-hydrogen) atoms. The van der Waals surface area contributed by atoms with Gasteiger partial charge in [0.1, 0.15) is 0 Å². The van der Waals surface area contributed by atoms with E-state index in [9.17, 15) is 0 Å². The maximum Gasteiger partial charge on any atom is 0.0538 e. The number of nitrogens with zero attached hydrogens (tertiary/aromatic N) is 2. The molecule has 0 spiro atoms. The van der Waals surface area contributed by atoms with E-state index in [1.807, 2.05) is 6.20 Å². The van der Waals surface area contributed by atoms with Crippen molar-refractivity contribution in [3.63, 3.8) is 0 Å². The molecule has 2 heteroatoms. The number of benzene rings is 1. The maximum atomic E-state index is 4.68. The molecule has 0 bridgehead atoms. The largest absolute Gasteiger partial charge is 0.302 e. The van der Waals surface area contributed by atoms with Gasteiger partial charge in [0.2, 0.25) is 0 Å².